The molecular weight excluding hydrogens is 374 g/mol. The van der Waals surface area contributed by atoms with Crippen LogP contribution in [0, 0.1) is 5.92 Å². The largest absolute Gasteiger partial charge is 0.491 e. The number of methoxy groups -OCH3 is 1. The molecule has 1 aliphatic carbocycles. The maximum atomic E-state index is 5.86. The summed E-state index contributed by atoms with van der Waals surface area (Å²) in [5, 5.41) is 3.33. The Hall–Kier alpha value is -0.100. The van der Waals surface area contributed by atoms with Gasteiger partial charge in [-0.2, -0.15) is 0 Å². The zero-order valence-electron chi connectivity index (χ0n) is 11.0. The molecule has 1 saturated carbocycles. The van der Waals surface area contributed by atoms with E-state index in [1.807, 2.05) is 0 Å². The number of hydrogen-bond acceptors (Lipinski definition) is 3. The van der Waals surface area contributed by atoms with Crippen molar-refractivity contribution >= 4 is 31.9 Å². The summed E-state index contributed by atoms with van der Waals surface area (Å²) in [7, 11) is 1.71. The van der Waals surface area contributed by atoms with Crippen molar-refractivity contribution < 1.29 is 9.47 Å². The minimum Gasteiger partial charge on any atom is -0.491 e. The Bertz CT molecular complexity index is 399. The average Bonchev–Trinajstić information content (AvgIpc) is 3.18. The zero-order valence-corrected chi connectivity index (χ0v) is 14.2. The Morgan fingerprint density at radius 2 is 1.95 bits per heavy atom. The molecule has 3 nitrogen and oxygen atoms in total. The zero-order chi connectivity index (χ0) is 13.7. The summed E-state index contributed by atoms with van der Waals surface area (Å²) in [6, 6.07) is 4.21. The predicted molar refractivity (Wildman–Crippen MR) is 83.6 cm³/mol. The maximum Gasteiger partial charge on any atom is 0.147 e. The van der Waals surface area contributed by atoms with Gasteiger partial charge >= 0.3 is 0 Å². The minimum absolute atomic E-state index is 0.727. The second-order valence-corrected chi connectivity index (χ2v) is 6.52. The number of benzene rings is 1. The van der Waals surface area contributed by atoms with E-state index in [-0.39, 0.29) is 0 Å². The normalized spacial score (nSPS) is 14.7. The van der Waals surface area contributed by atoms with E-state index in [2.05, 4.69) is 49.3 Å². The summed E-state index contributed by atoms with van der Waals surface area (Å²) in [5.74, 6) is 1.67. The Morgan fingerprint density at radius 3 is 2.53 bits per heavy atom. The third-order valence-electron chi connectivity index (χ3n) is 3.03. The monoisotopic (exact) mass is 391 g/mol. The van der Waals surface area contributed by atoms with Crippen molar-refractivity contribution in [3.05, 3.63) is 26.6 Å². The number of halogens is 2. The van der Waals surface area contributed by atoms with E-state index in [0.717, 1.165) is 46.9 Å². The number of nitrogens with one attached hydrogen (secondary N) is 1. The van der Waals surface area contributed by atoms with Crippen LogP contribution in [0.2, 0.25) is 0 Å². The van der Waals surface area contributed by atoms with Crippen LogP contribution in [0.5, 0.6) is 5.75 Å². The van der Waals surface area contributed by atoms with Crippen LogP contribution in [0.3, 0.4) is 0 Å². The summed E-state index contributed by atoms with van der Waals surface area (Å²) in [6.07, 6.45) is 2.60. The molecule has 0 radical (unpaired) electrons. The summed E-state index contributed by atoms with van der Waals surface area (Å²) in [4.78, 5) is 0. The van der Waals surface area contributed by atoms with E-state index in [0.29, 0.717) is 0 Å². The molecule has 0 spiro atoms. The van der Waals surface area contributed by atoms with Crippen molar-refractivity contribution in [2.45, 2.75) is 19.4 Å². The first-order chi connectivity index (χ1) is 9.20. The molecule has 106 valence electrons. The second kappa shape index (κ2) is 7.62. The average molecular weight is 393 g/mol. The third kappa shape index (κ3) is 5.06. The number of ether oxygens (including phenoxy) is 2. The summed E-state index contributed by atoms with van der Waals surface area (Å²) in [6.45, 7) is 3.22. The molecule has 0 bridgehead atoms. The fraction of sp³-hybridized carbons (Fsp3) is 0.571. The van der Waals surface area contributed by atoms with Crippen LogP contribution in [-0.2, 0) is 11.3 Å². The molecule has 2 rings (SSSR count). The van der Waals surface area contributed by atoms with Gasteiger partial charge in [0.05, 0.1) is 22.2 Å². The van der Waals surface area contributed by atoms with Crippen LogP contribution in [0.15, 0.2) is 21.1 Å². The molecule has 0 atom stereocenters. The van der Waals surface area contributed by atoms with Crippen LogP contribution < -0.4 is 10.1 Å². The van der Waals surface area contributed by atoms with Gasteiger partial charge < -0.3 is 14.8 Å². The summed E-state index contributed by atoms with van der Waals surface area (Å²) in [5.41, 5.74) is 1.22. The van der Waals surface area contributed by atoms with Gasteiger partial charge in [0.15, 0.2) is 0 Å². The van der Waals surface area contributed by atoms with Gasteiger partial charge in [0.2, 0.25) is 0 Å². The van der Waals surface area contributed by atoms with E-state index >= 15 is 0 Å². The highest BCUT2D eigenvalue weighted by Gasteiger charge is 2.22. The van der Waals surface area contributed by atoms with E-state index < -0.39 is 0 Å². The molecule has 0 amide bonds. The van der Waals surface area contributed by atoms with E-state index in [9.17, 15) is 0 Å². The molecule has 0 aromatic heterocycles. The molecule has 1 aromatic carbocycles. The Labute approximate surface area is 131 Å². The van der Waals surface area contributed by atoms with E-state index in [4.69, 9.17) is 9.47 Å². The first-order valence-corrected chi connectivity index (χ1v) is 8.09. The first-order valence-electron chi connectivity index (χ1n) is 6.51. The van der Waals surface area contributed by atoms with Gasteiger partial charge in [0, 0.05) is 20.2 Å². The maximum absolute atomic E-state index is 5.86. The molecular formula is C14H19Br2NO2. The summed E-state index contributed by atoms with van der Waals surface area (Å²) >= 11 is 7.17. The predicted octanol–water partition coefficient (Wildman–Crippen LogP) is 3.74. The van der Waals surface area contributed by atoms with Gasteiger partial charge in [-0.1, -0.05) is 0 Å². The van der Waals surface area contributed by atoms with E-state index in [1.54, 1.807) is 7.11 Å². The van der Waals surface area contributed by atoms with Crippen molar-refractivity contribution in [2.75, 3.05) is 26.9 Å². The molecule has 0 unspecified atom stereocenters. The van der Waals surface area contributed by atoms with Crippen LogP contribution >= 0.6 is 31.9 Å². The lowest BCUT2D eigenvalue weighted by molar-refractivity contribution is 0.199. The van der Waals surface area contributed by atoms with Gasteiger partial charge in [-0.25, -0.2) is 0 Å². The quantitative estimate of drug-likeness (QED) is 0.683. The Kier molecular flexibility index (Phi) is 6.13. The smallest absolute Gasteiger partial charge is 0.147 e. The molecule has 0 saturated heterocycles. The van der Waals surface area contributed by atoms with Crippen LogP contribution in [0.25, 0.3) is 0 Å². The minimum atomic E-state index is 0.727. The molecule has 1 fully saturated rings. The molecule has 1 N–H and O–H groups in total. The number of rotatable bonds is 8. The standard InChI is InChI=1S/C14H19Br2NO2/c1-18-5-4-17-8-11-6-12(15)14(13(16)7-11)19-9-10-2-3-10/h6-7,10,17H,2-5,8-9H2,1H3. The molecule has 0 heterocycles. The highest BCUT2D eigenvalue weighted by Crippen LogP contribution is 2.37. The molecule has 1 aromatic rings. The summed E-state index contributed by atoms with van der Waals surface area (Å²) < 4.78 is 12.9. The molecule has 0 aliphatic heterocycles. The fourth-order valence-electron chi connectivity index (χ4n) is 1.74. The topological polar surface area (TPSA) is 30.5 Å². The van der Waals surface area contributed by atoms with Gasteiger partial charge in [0.25, 0.3) is 0 Å². The van der Waals surface area contributed by atoms with Crippen LogP contribution in [0.1, 0.15) is 18.4 Å². The molecule has 5 heteroatoms. The lowest BCUT2D eigenvalue weighted by atomic mass is 10.2. The van der Waals surface area contributed by atoms with Crippen molar-refractivity contribution in [1.29, 1.82) is 0 Å². The van der Waals surface area contributed by atoms with Crippen LogP contribution in [-0.4, -0.2) is 26.9 Å². The van der Waals surface area contributed by atoms with Crippen molar-refractivity contribution in [3.63, 3.8) is 0 Å². The Balaban J connectivity index is 1.90. The number of hydrogen-bond donors (Lipinski definition) is 1. The van der Waals surface area contributed by atoms with Gasteiger partial charge in [-0.15, -0.1) is 0 Å². The Morgan fingerprint density at radius 1 is 1.26 bits per heavy atom. The third-order valence-corrected chi connectivity index (χ3v) is 4.21. The van der Waals surface area contributed by atoms with Crippen molar-refractivity contribution in [1.82, 2.24) is 5.32 Å². The van der Waals surface area contributed by atoms with Gasteiger partial charge in [-0.05, 0) is 68.3 Å². The van der Waals surface area contributed by atoms with Crippen molar-refractivity contribution in [2.24, 2.45) is 5.92 Å². The molecule has 1 aliphatic rings. The second-order valence-electron chi connectivity index (χ2n) is 4.81. The van der Waals surface area contributed by atoms with E-state index in [1.165, 1.54) is 18.4 Å². The molecule has 19 heavy (non-hydrogen) atoms. The fourth-order valence-corrected chi connectivity index (χ4v) is 3.26. The van der Waals surface area contributed by atoms with Gasteiger partial charge in [-0.3, -0.25) is 0 Å². The lowest BCUT2D eigenvalue weighted by Gasteiger charge is -2.12. The highest BCUT2D eigenvalue weighted by molar-refractivity contribution is 9.11. The highest BCUT2D eigenvalue weighted by atomic mass is 79.9. The lowest BCUT2D eigenvalue weighted by Crippen LogP contribution is -2.18. The SMILES string of the molecule is COCCNCc1cc(Br)c(OCC2CC2)c(Br)c1. The van der Waals surface area contributed by atoms with Crippen molar-refractivity contribution in [3.8, 4) is 5.75 Å². The first kappa shape index (κ1) is 15.3. The van der Waals surface area contributed by atoms with Gasteiger partial charge in [0.1, 0.15) is 5.75 Å². The van der Waals surface area contributed by atoms with Crippen LogP contribution in [0.4, 0.5) is 0 Å².